The number of aromatic nitrogens is 6. The summed E-state index contributed by atoms with van der Waals surface area (Å²) in [7, 11) is -1.56. The van der Waals surface area contributed by atoms with E-state index in [1.807, 2.05) is 89.2 Å². The van der Waals surface area contributed by atoms with E-state index in [0.717, 1.165) is 13.4 Å². The van der Waals surface area contributed by atoms with Gasteiger partial charge in [0.25, 0.3) is 11.1 Å². The van der Waals surface area contributed by atoms with Crippen molar-refractivity contribution in [1.29, 1.82) is 0 Å². The molecule has 0 aromatic carbocycles. The summed E-state index contributed by atoms with van der Waals surface area (Å²) in [4.78, 5) is 109. The Morgan fingerprint density at radius 1 is 0.500 bits per heavy atom. The zero-order chi connectivity index (χ0) is 74.6. The fourth-order valence-electron chi connectivity index (χ4n) is 8.25. The Labute approximate surface area is 610 Å². The fourth-order valence-corrected chi connectivity index (χ4v) is 9.05. The van der Waals surface area contributed by atoms with E-state index >= 15 is 0 Å². The Balaban J connectivity index is 0.000000321. The number of carbonyl (C=O) groups excluding carboxylic acids is 6. The third kappa shape index (κ3) is 23.6. The van der Waals surface area contributed by atoms with Gasteiger partial charge in [-0.3, -0.25) is 23.2 Å². The maximum absolute atomic E-state index is 12.6. The lowest BCUT2D eigenvalue weighted by atomic mass is 9.49. The number of ether oxygens (including phenoxy) is 5. The van der Waals surface area contributed by atoms with E-state index < -0.39 is 73.3 Å². The number of ketones is 1. The summed E-state index contributed by atoms with van der Waals surface area (Å²) in [6.45, 7) is 36.4. The van der Waals surface area contributed by atoms with Crippen molar-refractivity contribution >= 4 is 141 Å². The van der Waals surface area contributed by atoms with Crippen molar-refractivity contribution in [2.24, 2.45) is 0 Å². The summed E-state index contributed by atoms with van der Waals surface area (Å²) in [6.07, 6.45) is 11.6. The Morgan fingerprint density at radius 2 is 0.870 bits per heavy atom. The lowest BCUT2D eigenvalue weighted by molar-refractivity contribution is -0.147. The van der Waals surface area contributed by atoms with Gasteiger partial charge in [0.1, 0.15) is 34.1 Å². The number of nitrogens with zero attached hydrogens (tertiary/aromatic N) is 6. The molecule has 3 aliphatic rings. The topological polar surface area (TPSA) is 337 Å². The zero-order valence-corrected chi connectivity index (χ0v) is 64.5. The molecule has 537 valence electrons. The summed E-state index contributed by atoms with van der Waals surface area (Å²) in [5.74, 6) is -2.58. The predicted octanol–water partition coefficient (Wildman–Crippen LogP) is 9.45. The van der Waals surface area contributed by atoms with E-state index in [0.29, 0.717) is 35.0 Å². The van der Waals surface area contributed by atoms with Crippen molar-refractivity contribution in [3.05, 3.63) is 154 Å². The van der Waals surface area contributed by atoms with Crippen LogP contribution in [0.3, 0.4) is 0 Å². The molecule has 0 amide bonds. The van der Waals surface area contributed by atoms with Crippen LogP contribution in [0.2, 0.25) is 0 Å². The molecule has 3 aliphatic heterocycles. The molecule has 0 saturated carbocycles. The lowest BCUT2D eigenvalue weighted by Gasteiger charge is -2.32. The number of rotatable bonds is 15. The molecule has 0 aliphatic carbocycles. The molecule has 3 saturated heterocycles. The standard InChI is InChI=1S/C17H21BN2O5.C13H15BrN2O4.C12H24B2O4.C11H9BrN2O3.C8H12O3.C5H5BrN2.B/c1-6-23-15(22)12-9-19-13-8-7-11(10-20(13)14(12)21)18-24-16(2,3)17(4,5)25-18;1-3-19-12(17)10(13(18)20-4-2)8-16-11-6-5-9(14)7-15-11;1-9(2)10(3,4)16-13(15-9)14-17-11(5,6)12(7,8)18-14;1-2-17-11(16)8-5-13-9-4-3-7(12)6-14(9)10(8)15;1-4-7(6(3)9)8(10)11-5-2;6-4-1-2-5(7)8-3-4;/h7-10H,6H2,1-5H3;5-8H,3-4H2,1-2H3,(H,15,16);1-8H3;3-6H,2H2,1H3;4H,5H2,1-3H3;1-3H,(H2,7,8);/b;;;;7-4+;;. The van der Waals surface area contributed by atoms with Crippen molar-refractivity contribution in [3.63, 3.8) is 0 Å². The Morgan fingerprint density at radius 3 is 1.23 bits per heavy atom. The van der Waals surface area contributed by atoms with Gasteiger partial charge in [-0.1, -0.05) is 12.1 Å². The number of nitrogens with one attached hydrogen (secondary N) is 1. The van der Waals surface area contributed by atoms with Gasteiger partial charge in [0, 0.05) is 65.2 Å². The summed E-state index contributed by atoms with van der Waals surface area (Å²) in [5, 5.41) is 2.75. The smallest absolute Gasteiger partial charge is 0.462 e. The van der Waals surface area contributed by atoms with Crippen LogP contribution in [0.15, 0.2) is 132 Å². The molecule has 3 fully saturated rings. The Hall–Kier alpha value is -7.42. The van der Waals surface area contributed by atoms with Crippen LogP contribution >= 0.6 is 47.8 Å². The number of fused-ring (bicyclic) bond motifs is 2. The molecule has 9 heterocycles. The minimum atomic E-state index is -0.740. The zero-order valence-electron chi connectivity index (χ0n) is 59.7. The van der Waals surface area contributed by atoms with E-state index in [1.54, 1.807) is 109 Å². The Kier molecular flexibility index (Phi) is 33.0. The lowest BCUT2D eigenvalue weighted by Crippen LogP contribution is -2.41. The van der Waals surface area contributed by atoms with Gasteiger partial charge in [0.15, 0.2) is 11.4 Å². The molecule has 9 rings (SSSR count). The van der Waals surface area contributed by atoms with Crippen LogP contribution in [0, 0.1) is 0 Å². The maximum atomic E-state index is 12.6. The first-order chi connectivity index (χ1) is 46.2. The van der Waals surface area contributed by atoms with Gasteiger partial charge >= 0.3 is 51.0 Å². The molecule has 27 nitrogen and oxygen atoms in total. The number of pyridine rings is 4. The molecule has 6 aromatic heterocycles. The van der Waals surface area contributed by atoms with Gasteiger partial charge < -0.3 is 62.7 Å². The maximum Gasteiger partial charge on any atom is 0.496 e. The summed E-state index contributed by atoms with van der Waals surface area (Å²) in [6, 6.07) is 14.0. The van der Waals surface area contributed by atoms with Crippen molar-refractivity contribution in [1.82, 2.24) is 28.7 Å². The normalized spacial score (nSPS) is 16.0. The van der Waals surface area contributed by atoms with Crippen molar-refractivity contribution in [3.8, 4) is 0 Å². The van der Waals surface area contributed by atoms with Gasteiger partial charge in [-0.15, -0.1) is 0 Å². The number of esters is 5. The molecule has 6 aromatic rings. The van der Waals surface area contributed by atoms with Crippen molar-refractivity contribution in [2.75, 3.05) is 44.1 Å². The minimum Gasteiger partial charge on any atom is -0.462 e. The van der Waals surface area contributed by atoms with Crippen molar-refractivity contribution < 1.29 is 80.4 Å². The second kappa shape index (κ2) is 38.0. The van der Waals surface area contributed by atoms with Crippen LogP contribution in [0.25, 0.3) is 11.3 Å². The van der Waals surface area contributed by atoms with Crippen LogP contribution in [0.4, 0.5) is 11.6 Å². The molecule has 0 atom stereocenters. The second-order valence-corrected chi connectivity index (χ2v) is 27.1. The largest absolute Gasteiger partial charge is 0.496 e. The predicted molar refractivity (Wildman–Crippen MR) is 391 cm³/mol. The van der Waals surface area contributed by atoms with E-state index in [9.17, 15) is 38.4 Å². The highest BCUT2D eigenvalue weighted by atomic mass is 79.9. The van der Waals surface area contributed by atoms with Crippen LogP contribution in [-0.4, -0.2) is 161 Å². The molecular formula is C66H86B4Br3N8O19. The van der Waals surface area contributed by atoms with Gasteiger partial charge in [0.2, 0.25) is 0 Å². The molecule has 3 N–H and O–H groups in total. The van der Waals surface area contributed by atoms with E-state index in [1.165, 1.54) is 40.4 Å². The summed E-state index contributed by atoms with van der Waals surface area (Å²) < 4.78 is 64.9. The molecule has 0 spiro atoms. The highest BCUT2D eigenvalue weighted by Crippen LogP contribution is 2.43. The number of hydrogen-bond donors (Lipinski definition) is 2. The third-order valence-corrected chi connectivity index (χ3v) is 17.1. The number of anilines is 2. The van der Waals surface area contributed by atoms with E-state index in [4.69, 9.17) is 52.6 Å². The SMILES string of the molecule is C/C=C(\C(C)=O)C(=O)OCC.CC1(C)OB(B2OC(C)(C)C(C)(C)O2)OC1(C)C.CCOC(=O)C(=CNc1ccc(Br)cn1)C(=O)OCC.CCOC(=O)c1cnc2ccc(B3OC(C)(C)C(C)(C)O3)cn2c1=O.CCOC(=O)c1cnc2ccc(Br)cn2c1=O.Nc1ccc(Br)cn1.[B]. The molecule has 100 heavy (non-hydrogen) atoms. The van der Waals surface area contributed by atoms with Gasteiger partial charge in [-0.05, 0) is 227 Å². The van der Waals surface area contributed by atoms with E-state index in [-0.39, 0.29) is 85.3 Å². The Bertz CT molecular complexity index is 3880. The fraction of sp³-hybridized carbons (Fsp3) is 0.455. The first-order valence-corrected chi connectivity index (χ1v) is 33.8. The average molecular weight is 1580 g/mol. The minimum absolute atomic E-state index is 0. The van der Waals surface area contributed by atoms with Gasteiger partial charge in [-0.25, -0.2) is 43.9 Å². The number of allylic oxidation sites excluding steroid dienone is 1. The molecular weight excluding hydrogens is 1490 g/mol. The van der Waals surface area contributed by atoms with Crippen molar-refractivity contribution in [2.45, 2.75) is 165 Å². The highest BCUT2D eigenvalue weighted by molar-refractivity contribution is 9.11. The summed E-state index contributed by atoms with van der Waals surface area (Å²) in [5.41, 5.74) is 3.29. The van der Waals surface area contributed by atoms with E-state index in [2.05, 4.69) is 77.8 Å². The number of Topliss-reactive ketones (excluding diaryl/α,β-unsaturated/α-hetero) is 1. The van der Waals surface area contributed by atoms with Crippen LogP contribution in [-0.2, 0) is 70.8 Å². The van der Waals surface area contributed by atoms with Gasteiger partial charge in [-0.2, -0.15) is 0 Å². The molecule has 34 heteroatoms. The summed E-state index contributed by atoms with van der Waals surface area (Å²) >= 11 is 9.74. The number of carbonyl (C=O) groups is 6. The number of hydrogen-bond acceptors (Lipinski definition) is 25. The first-order valence-electron chi connectivity index (χ1n) is 31.4. The first kappa shape index (κ1) is 86.8. The monoisotopic (exact) mass is 1580 g/mol. The van der Waals surface area contributed by atoms with Crippen LogP contribution in [0.1, 0.15) is 152 Å². The number of halogens is 3. The molecule has 0 unspecified atom stereocenters. The molecule has 3 radical (unpaired) electrons. The van der Waals surface area contributed by atoms with Crippen LogP contribution < -0.4 is 27.6 Å². The average Bonchev–Trinajstić information content (AvgIpc) is 1.57. The van der Waals surface area contributed by atoms with Crippen LogP contribution in [0.5, 0.6) is 0 Å². The number of nitrogen functional groups attached to an aromatic ring is 1. The van der Waals surface area contributed by atoms with Gasteiger partial charge in [0.05, 0.1) is 72.2 Å². The number of nitrogens with two attached hydrogens (primary N) is 1. The second-order valence-electron chi connectivity index (χ2n) is 24.4. The highest BCUT2D eigenvalue weighted by Gasteiger charge is 2.64. The molecule has 0 bridgehead atoms. The third-order valence-electron chi connectivity index (χ3n) is 15.7. The quantitative estimate of drug-likeness (QED) is 0.0241.